The monoisotopic (exact) mass is 932 g/mol. The van der Waals surface area contributed by atoms with Crippen molar-refractivity contribution >= 4 is 40.5 Å². The summed E-state index contributed by atoms with van der Waals surface area (Å²) in [7, 11) is 0. The van der Waals surface area contributed by atoms with Crippen LogP contribution in [-0.4, -0.2) is 147 Å². The Morgan fingerprint density at radius 3 is 2.34 bits per heavy atom. The van der Waals surface area contributed by atoms with Crippen LogP contribution in [0.2, 0.25) is 0 Å². The lowest BCUT2D eigenvalue weighted by molar-refractivity contribution is -0.294. The van der Waals surface area contributed by atoms with Crippen LogP contribution in [0.5, 0.6) is 0 Å². The number of benzene rings is 2. The van der Waals surface area contributed by atoms with Crippen LogP contribution in [0.3, 0.4) is 0 Å². The van der Waals surface area contributed by atoms with Crippen LogP contribution in [-0.2, 0) is 39.8 Å². The van der Waals surface area contributed by atoms with E-state index in [-0.39, 0.29) is 50.4 Å². The zero-order chi connectivity index (χ0) is 48.3. The molecule has 2 saturated heterocycles. The van der Waals surface area contributed by atoms with E-state index in [9.17, 15) is 44.4 Å². The first kappa shape index (κ1) is 51.3. The van der Waals surface area contributed by atoms with E-state index in [4.69, 9.17) is 19.9 Å². The van der Waals surface area contributed by atoms with Crippen LogP contribution in [0.1, 0.15) is 94.6 Å². The van der Waals surface area contributed by atoms with E-state index in [0.29, 0.717) is 30.3 Å². The predicted octanol–water partition coefficient (Wildman–Crippen LogP) is 1.63. The molecule has 0 bridgehead atoms. The van der Waals surface area contributed by atoms with Crippen molar-refractivity contribution in [1.82, 2.24) is 25.8 Å². The molecule has 3 fully saturated rings. The van der Waals surface area contributed by atoms with E-state index in [1.165, 1.54) is 6.07 Å². The molecule has 2 aliphatic heterocycles. The van der Waals surface area contributed by atoms with Gasteiger partial charge in [0.05, 0.1) is 30.6 Å². The van der Waals surface area contributed by atoms with Crippen LogP contribution in [0.4, 0.5) is 0 Å². The summed E-state index contributed by atoms with van der Waals surface area (Å²) >= 11 is 0. The SMILES string of the molecule is CC(C)(C)NC(=O)[C@@H]1C[C@@H]2CCCC[C@@H]2CN1C[C@@H](OC(=O)CCCCO[C@H]1[C@H](O)[C@@H](CO)OC(O)[C@@H]1O)[C@H](Cc1ccccc1)NC(=O)[C@H](CC(N)=O)NC(=O)c1ccc2ccccc2n1. The minimum absolute atomic E-state index is 0.0182. The molecule has 1 saturated carbocycles. The highest BCUT2D eigenvalue weighted by Crippen LogP contribution is 2.39. The van der Waals surface area contributed by atoms with E-state index < -0.39 is 97.2 Å². The number of para-hydroxylation sites is 1. The van der Waals surface area contributed by atoms with Gasteiger partial charge in [-0.05, 0) is 82.4 Å². The van der Waals surface area contributed by atoms with Crippen molar-refractivity contribution in [3.63, 3.8) is 0 Å². The average molecular weight is 933 g/mol. The molecule has 6 rings (SSSR count). The van der Waals surface area contributed by atoms with Gasteiger partial charge in [-0.1, -0.05) is 73.9 Å². The Morgan fingerprint density at radius 1 is 0.910 bits per heavy atom. The number of unbranched alkanes of at least 4 members (excludes halogenated alkanes) is 1. The van der Waals surface area contributed by atoms with Gasteiger partial charge in [0.15, 0.2) is 6.29 Å². The predicted molar refractivity (Wildman–Crippen MR) is 246 cm³/mol. The molecule has 2 aromatic carbocycles. The van der Waals surface area contributed by atoms with E-state index in [1.54, 1.807) is 18.2 Å². The Labute approximate surface area is 391 Å². The first-order valence-corrected chi connectivity index (χ1v) is 23.5. The number of ether oxygens (including phenoxy) is 3. The second-order valence-corrected chi connectivity index (χ2v) is 19.2. The third-order valence-electron chi connectivity index (χ3n) is 12.9. The molecule has 18 heteroatoms. The molecule has 0 radical (unpaired) electrons. The van der Waals surface area contributed by atoms with Gasteiger partial charge in [0.25, 0.3) is 5.91 Å². The number of fused-ring (bicyclic) bond motifs is 2. The van der Waals surface area contributed by atoms with E-state index >= 15 is 0 Å². The maximum absolute atomic E-state index is 14.5. The smallest absolute Gasteiger partial charge is 0.306 e. The molecule has 67 heavy (non-hydrogen) atoms. The average Bonchev–Trinajstić information content (AvgIpc) is 3.29. The number of esters is 1. The van der Waals surface area contributed by atoms with E-state index in [1.807, 2.05) is 63.2 Å². The maximum Gasteiger partial charge on any atom is 0.306 e. The van der Waals surface area contributed by atoms with Gasteiger partial charge in [0, 0.05) is 37.0 Å². The van der Waals surface area contributed by atoms with Crippen LogP contribution in [0, 0.1) is 11.8 Å². The minimum Gasteiger partial charge on any atom is -0.459 e. The van der Waals surface area contributed by atoms with Gasteiger partial charge < -0.3 is 56.3 Å². The highest BCUT2D eigenvalue weighted by molar-refractivity contribution is 5.99. The van der Waals surface area contributed by atoms with Crippen LogP contribution in [0.25, 0.3) is 10.9 Å². The van der Waals surface area contributed by atoms with Crippen molar-refractivity contribution in [3.8, 4) is 0 Å². The molecule has 18 nitrogen and oxygen atoms in total. The quantitative estimate of drug-likeness (QED) is 0.0592. The molecular formula is C49H68N6O12. The number of aromatic nitrogens is 1. The van der Waals surface area contributed by atoms with Crippen LogP contribution >= 0.6 is 0 Å². The summed E-state index contributed by atoms with van der Waals surface area (Å²) in [5, 5.41) is 50.1. The summed E-state index contributed by atoms with van der Waals surface area (Å²) in [4.78, 5) is 75.2. The van der Waals surface area contributed by atoms with Crippen LogP contribution in [0.15, 0.2) is 66.7 Å². The Balaban J connectivity index is 1.25. The highest BCUT2D eigenvalue weighted by atomic mass is 16.6. The van der Waals surface area contributed by atoms with E-state index in [2.05, 4.69) is 25.8 Å². The third kappa shape index (κ3) is 14.5. The molecule has 3 aromatic rings. The number of hydrogen-bond acceptors (Lipinski definition) is 14. The number of nitrogens with two attached hydrogens (primary N) is 1. The number of nitrogens with one attached hydrogen (secondary N) is 3. The summed E-state index contributed by atoms with van der Waals surface area (Å²) < 4.78 is 17.1. The van der Waals surface area contributed by atoms with Crippen molar-refractivity contribution in [2.75, 3.05) is 26.3 Å². The molecule has 3 aliphatic rings. The summed E-state index contributed by atoms with van der Waals surface area (Å²) in [6.45, 7) is 5.77. The molecule has 0 spiro atoms. The standard InChI is InChI=1S/C49H68N6O12/c1-49(2,3)54-47(63)37-24-31-16-7-8-17-32(31)26-55(37)27-38(66-41(58)19-11-12-22-65-44-42(59)39(28-56)67-48(64)43(44)60)35(23-29-13-5-4-6-14-29)52-46(62)36(25-40(50)57)53-45(61)34-21-20-30-15-9-10-18-33(30)51-34/h4-6,9-10,13-15,18,20-21,31-32,35-39,42-44,48,56,59-60,64H,7-8,11-12,16-17,19,22-28H2,1-3H3,(H2,50,57)(H,52,62)(H,53,61)(H,54,63)/t31-,32+,35-,36-,37-,38+,39+,42+,43+,44-,48?/m0/s1. The number of piperidine rings is 1. The number of nitrogens with zero attached hydrogens (tertiary/aromatic N) is 2. The fraction of sp³-hybridized carbons (Fsp3) is 0.592. The number of amides is 4. The van der Waals surface area contributed by atoms with Crippen molar-refractivity contribution < 1.29 is 58.6 Å². The van der Waals surface area contributed by atoms with Crippen molar-refractivity contribution in [2.24, 2.45) is 17.6 Å². The number of rotatable bonds is 20. The van der Waals surface area contributed by atoms with Crippen molar-refractivity contribution in [1.29, 1.82) is 0 Å². The topological polar surface area (TPSA) is 272 Å². The summed E-state index contributed by atoms with van der Waals surface area (Å²) in [6.07, 6.45) is -3.26. The Bertz CT molecular complexity index is 2140. The summed E-state index contributed by atoms with van der Waals surface area (Å²) in [6, 6.07) is 16.8. The maximum atomic E-state index is 14.5. The second kappa shape index (κ2) is 23.8. The number of aliphatic hydroxyl groups is 4. The fourth-order valence-electron chi connectivity index (χ4n) is 9.45. The number of carbonyl (C=O) groups is 5. The van der Waals surface area contributed by atoms with Crippen LogP contribution < -0.4 is 21.7 Å². The van der Waals surface area contributed by atoms with Gasteiger partial charge in [-0.2, -0.15) is 0 Å². The Hall–Kier alpha value is -5.08. The van der Waals surface area contributed by atoms with E-state index in [0.717, 1.165) is 36.6 Å². The summed E-state index contributed by atoms with van der Waals surface area (Å²) in [5.74, 6) is -2.38. The normalized spacial score (nSPS) is 25.8. The molecule has 1 unspecified atom stereocenters. The molecular weight excluding hydrogens is 865 g/mol. The third-order valence-corrected chi connectivity index (χ3v) is 12.9. The van der Waals surface area contributed by atoms with Crippen molar-refractivity contribution in [3.05, 3.63) is 78.0 Å². The number of likely N-dealkylation sites (tertiary alicyclic amines) is 1. The number of pyridine rings is 1. The Morgan fingerprint density at radius 2 is 1.63 bits per heavy atom. The largest absolute Gasteiger partial charge is 0.459 e. The van der Waals surface area contributed by atoms with Gasteiger partial charge in [0.1, 0.15) is 42.3 Å². The Kier molecular flexibility index (Phi) is 18.2. The van der Waals surface area contributed by atoms with Gasteiger partial charge in [-0.3, -0.25) is 28.9 Å². The van der Waals surface area contributed by atoms with Crippen molar-refractivity contribution in [2.45, 2.75) is 145 Å². The minimum atomic E-state index is -1.67. The van der Waals surface area contributed by atoms with Gasteiger partial charge in [0.2, 0.25) is 17.7 Å². The lowest BCUT2D eigenvalue weighted by Crippen LogP contribution is -2.61. The molecule has 3 heterocycles. The highest BCUT2D eigenvalue weighted by Gasteiger charge is 2.45. The zero-order valence-corrected chi connectivity index (χ0v) is 38.6. The molecule has 4 amide bonds. The van der Waals surface area contributed by atoms with Gasteiger partial charge in [-0.25, -0.2) is 4.98 Å². The summed E-state index contributed by atoms with van der Waals surface area (Å²) in [5.41, 5.74) is 6.51. The van der Waals surface area contributed by atoms with Gasteiger partial charge >= 0.3 is 5.97 Å². The molecule has 9 N–H and O–H groups in total. The lowest BCUT2D eigenvalue weighted by Gasteiger charge is -2.47. The fourth-order valence-corrected chi connectivity index (χ4v) is 9.45. The molecule has 1 aliphatic carbocycles. The first-order valence-electron chi connectivity index (χ1n) is 23.5. The molecule has 1 aromatic heterocycles. The second-order valence-electron chi connectivity index (χ2n) is 19.2. The number of aliphatic hydroxyl groups excluding tert-OH is 4. The number of carbonyl (C=O) groups excluding carboxylic acids is 5. The van der Waals surface area contributed by atoms with Gasteiger partial charge in [-0.15, -0.1) is 0 Å². The number of primary amides is 1. The number of hydrogen-bond donors (Lipinski definition) is 8. The lowest BCUT2D eigenvalue weighted by atomic mass is 9.72. The molecule has 11 atom stereocenters. The zero-order valence-electron chi connectivity index (χ0n) is 38.6. The molecule has 366 valence electrons. The first-order chi connectivity index (χ1) is 32.0.